The van der Waals surface area contributed by atoms with Crippen LogP contribution in [0.2, 0.25) is 0 Å². The van der Waals surface area contributed by atoms with Gasteiger partial charge in [-0.05, 0) is 63.1 Å². The van der Waals surface area contributed by atoms with Gasteiger partial charge >= 0.3 is 0 Å². The molecule has 6 rings (SSSR count). The molecule has 0 spiro atoms. The predicted octanol–water partition coefficient (Wildman–Crippen LogP) is 5.45. The number of anilines is 1. The molecular formula is C33H38N4O3. The van der Waals surface area contributed by atoms with Crippen LogP contribution in [-0.4, -0.2) is 72.0 Å². The summed E-state index contributed by atoms with van der Waals surface area (Å²) in [4.78, 5) is 38.7. The number of aromatic nitrogens is 1. The molecule has 1 fully saturated rings. The van der Waals surface area contributed by atoms with E-state index in [0.29, 0.717) is 24.4 Å². The molecule has 0 aliphatic carbocycles. The fourth-order valence-corrected chi connectivity index (χ4v) is 6.88. The van der Waals surface area contributed by atoms with Crippen LogP contribution >= 0.6 is 0 Å². The Balaban J connectivity index is 1.58. The van der Waals surface area contributed by atoms with Crippen molar-refractivity contribution in [1.29, 1.82) is 0 Å². The van der Waals surface area contributed by atoms with Gasteiger partial charge < -0.3 is 24.4 Å². The molecular weight excluding hydrogens is 500 g/mol. The standard InChI is InChI=1S/C33H38N4O3/c1-7-35-13-15-36(16-14-35)31(38)26-21(3)34-29(22-11-9-8-10-12-22)28(26)27-25-18-23(40-6)17-24-20(2)19-33(4,5)37(30(24)25)32(27)39/h8-12,17-19,27,34H,7,13-16H2,1-6H3. The van der Waals surface area contributed by atoms with Gasteiger partial charge in [-0.2, -0.15) is 0 Å². The molecule has 0 radical (unpaired) electrons. The van der Waals surface area contributed by atoms with Crippen molar-refractivity contribution in [3.05, 3.63) is 76.5 Å². The monoisotopic (exact) mass is 538 g/mol. The molecule has 7 nitrogen and oxygen atoms in total. The van der Waals surface area contributed by atoms with Crippen LogP contribution in [0.5, 0.6) is 5.75 Å². The number of H-pyrrole nitrogens is 1. The summed E-state index contributed by atoms with van der Waals surface area (Å²) < 4.78 is 5.73. The van der Waals surface area contributed by atoms with Crippen LogP contribution in [0.25, 0.3) is 16.8 Å². The van der Waals surface area contributed by atoms with E-state index in [1.807, 2.05) is 59.2 Å². The van der Waals surface area contributed by atoms with Gasteiger partial charge in [0.15, 0.2) is 0 Å². The molecule has 4 heterocycles. The van der Waals surface area contributed by atoms with Crippen LogP contribution in [0.3, 0.4) is 0 Å². The molecule has 40 heavy (non-hydrogen) atoms. The quantitative estimate of drug-likeness (QED) is 0.469. The zero-order chi connectivity index (χ0) is 28.3. The highest BCUT2D eigenvalue weighted by Crippen LogP contribution is 2.54. The first-order valence-electron chi connectivity index (χ1n) is 14.2. The number of hydrogen-bond acceptors (Lipinski definition) is 4. The molecule has 3 aliphatic rings. The number of nitrogens with one attached hydrogen (secondary N) is 1. The van der Waals surface area contributed by atoms with Crippen LogP contribution in [0.1, 0.15) is 66.4 Å². The number of aryl methyl sites for hydroxylation is 1. The Hall–Kier alpha value is -3.84. The van der Waals surface area contributed by atoms with Gasteiger partial charge in [-0.25, -0.2) is 0 Å². The number of ether oxygens (including phenoxy) is 1. The van der Waals surface area contributed by atoms with E-state index in [0.717, 1.165) is 64.5 Å². The number of benzene rings is 2. The number of aromatic amines is 1. The molecule has 1 aromatic heterocycles. The Morgan fingerprint density at radius 3 is 2.42 bits per heavy atom. The molecule has 1 N–H and O–H groups in total. The summed E-state index contributed by atoms with van der Waals surface area (Å²) >= 11 is 0. The minimum absolute atomic E-state index is 0.0129. The lowest BCUT2D eigenvalue weighted by Crippen LogP contribution is -2.49. The highest BCUT2D eigenvalue weighted by molar-refractivity contribution is 6.14. The maximum absolute atomic E-state index is 14.6. The van der Waals surface area contributed by atoms with Gasteiger partial charge in [0.25, 0.3) is 5.91 Å². The van der Waals surface area contributed by atoms with E-state index >= 15 is 0 Å². The number of hydrogen-bond donors (Lipinski definition) is 1. The van der Waals surface area contributed by atoms with Crippen molar-refractivity contribution in [2.75, 3.05) is 44.7 Å². The third-order valence-corrected chi connectivity index (χ3v) is 8.82. The van der Waals surface area contributed by atoms with Crippen molar-refractivity contribution in [3.63, 3.8) is 0 Å². The molecule has 0 bridgehead atoms. The molecule has 7 heteroatoms. The molecule has 1 unspecified atom stereocenters. The van der Waals surface area contributed by atoms with Gasteiger partial charge in [-0.1, -0.05) is 43.3 Å². The summed E-state index contributed by atoms with van der Waals surface area (Å²) in [5.74, 6) is 0.0386. The number of rotatable bonds is 5. The van der Waals surface area contributed by atoms with E-state index < -0.39 is 11.5 Å². The number of carbonyl (C=O) groups excluding carboxylic acids is 2. The van der Waals surface area contributed by atoms with Crippen molar-refractivity contribution < 1.29 is 14.3 Å². The molecule has 3 aromatic rings. The van der Waals surface area contributed by atoms with Crippen molar-refractivity contribution >= 4 is 23.1 Å². The predicted molar refractivity (Wildman–Crippen MR) is 159 cm³/mol. The second-order valence-electron chi connectivity index (χ2n) is 11.7. The van der Waals surface area contributed by atoms with Crippen LogP contribution in [0, 0.1) is 6.92 Å². The van der Waals surface area contributed by atoms with Crippen molar-refractivity contribution in [1.82, 2.24) is 14.8 Å². The summed E-state index contributed by atoms with van der Waals surface area (Å²) in [7, 11) is 1.66. The summed E-state index contributed by atoms with van der Waals surface area (Å²) in [6.45, 7) is 14.4. The number of piperazine rings is 1. The lowest BCUT2D eigenvalue weighted by Gasteiger charge is -2.39. The fraction of sp³-hybridized carbons (Fsp3) is 0.394. The smallest absolute Gasteiger partial charge is 0.256 e. The van der Waals surface area contributed by atoms with Gasteiger partial charge in [0.2, 0.25) is 5.91 Å². The number of carbonyl (C=O) groups is 2. The average molecular weight is 539 g/mol. The normalized spacial score (nSPS) is 20.0. The topological polar surface area (TPSA) is 68.9 Å². The Morgan fingerprint density at radius 1 is 1.07 bits per heavy atom. The minimum Gasteiger partial charge on any atom is -0.497 e. The van der Waals surface area contributed by atoms with Crippen molar-refractivity contribution in [3.8, 4) is 17.0 Å². The van der Waals surface area contributed by atoms with Gasteiger partial charge in [-0.15, -0.1) is 0 Å². The summed E-state index contributed by atoms with van der Waals surface area (Å²) in [6.07, 6.45) is 2.15. The second kappa shape index (κ2) is 9.66. The zero-order valence-electron chi connectivity index (χ0n) is 24.3. The number of methoxy groups -OCH3 is 1. The maximum Gasteiger partial charge on any atom is 0.256 e. The molecule has 1 saturated heterocycles. The summed E-state index contributed by atoms with van der Waals surface area (Å²) in [6, 6.07) is 14.0. The molecule has 208 valence electrons. The van der Waals surface area contributed by atoms with E-state index in [-0.39, 0.29) is 11.8 Å². The number of allylic oxidation sites excluding steroid dienone is 1. The number of nitrogens with zero attached hydrogens (tertiary/aromatic N) is 3. The maximum atomic E-state index is 14.6. The van der Waals surface area contributed by atoms with Crippen LogP contribution in [0.15, 0.2) is 48.5 Å². The van der Waals surface area contributed by atoms with E-state index in [9.17, 15) is 9.59 Å². The Kier molecular flexibility index (Phi) is 6.37. The molecule has 1 atom stereocenters. The van der Waals surface area contributed by atoms with E-state index in [4.69, 9.17) is 4.74 Å². The third-order valence-electron chi connectivity index (χ3n) is 8.82. The van der Waals surface area contributed by atoms with Gasteiger partial charge in [0.1, 0.15) is 5.75 Å². The number of likely N-dealkylation sites (N-methyl/N-ethyl adjacent to an activating group) is 1. The van der Waals surface area contributed by atoms with Crippen LogP contribution in [0.4, 0.5) is 5.69 Å². The molecule has 2 aromatic carbocycles. The minimum atomic E-state index is -0.640. The van der Waals surface area contributed by atoms with Gasteiger partial charge in [0.05, 0.1) is 35.5 Å². The highest BCUT2D eigenvalue weighted by Gasteiger charge is 2.50. The van der Waals surface area contributed by atoms with E-state index in [1.165, 1.54) is 0 Å². The first-order valence-corrected chi connectivity index (χ1v) is 14.2. The Labute approximate surface area is 236 Å². The molecule has 3 aliphatic heterocycles. The Morgan fingerprint density at radius 2 is 1.77 bits per heavy atom. The van der Waals surface area contributed by atoms with Gasteiger partial charge in [0, 0.05) is 43.0 Å². The highest BCUT2D eigenvalue weighted by atomic mass is 16.5. The summed E-state index contributed by atoms with van der Waals surface area (Å²) in [5, 5.41) is 0. The molecule has 2 amide bonds. The Bertz CT molecular complexity index is 1530. The summed E-state index contributed by atoms with van der Waals surface area (Å²) in [5.41, 5.74) is 7.36. The van der Waals surface area contributed by atoms with Crippen LogP contribution in [-0.2, 0) is 4.79 Å². The largest absolute Gasteiger partial charge is 0.497 e. The number of amides is 2. The van der Waals surface area contributed by atoms with Crippen molar-refractivity contribution in [2.24, 2.45) is 0 Å². The van der Waals surface area contributed by atoms with E-state index in [1.54, 1.807) is 7.11 Å². The average Bonchev–Trinajstić information content (AvgIpc) is 3.44. The fourth-order valence-electron chi connectivity index (χ4n) is 6.88. The van der Waals surface area contributed by atoms with E-state index in [2.05, 4.69) is 43.7 Å². The van der Waals surface area contributed by atoms with Gasteiger partial charge in [-0.3, -0.25) is 9.59 Å². The molecule has 0 saturated carbocycles. The lowest BCUT2D eigenvalue weighted by atomic mass is 9.85. The lowest BCUT2D eigenvalue weighted by molar-refractivity contribution is -0.119. The third kappa shape index (κ3) is 3.98. The van der Waals surface area contributed by atoms with Crippen molar-refractivity contribution in [2.45, 2.75) is 46.1 Å². The first-order chi connectivity index (χ1) is 19.2. The van der Waals surface area contributed by atoms with Crippen LogP contribution < -0.4 is 9.64 Å². The first kappa shape index (κ1) is 26.4. The zero-order valence-corrected chi connectivity index (χ0v) is 24.3. The SMILES string of the molecule is CCN1CCN(C(=O)c2c(C)[nH]c(-c3ccccc3)c2C2C(=O)N3c4c(cc(OC)cc42)C(C)=CC3(C)C)CC1. The second-order valence-corrected chi connectivity index (χ2v) is 11.7.